The summed E-state index contributed by atoms with van der Waals surface area (Å²) in [5.41, 5.74) is 5.64. The van der Waals surface area contributed by atoms with Crippen molar-refractivity contribution in [2.75, 3.05) is 6.61 Å². The predicted octanol–water partition coefficient (Wildman–Crippen LogP) is 2.22. The summed E-state index contributed by atoms with van der Waals surface area (Å²) >= 11 is 1.63. The fraction of sp³-hybridized carbons (Fsp3) is 0.400. The summed E-state index contributed by atoms with van der Waals surface area (Å²) in [5, 5.41) is 0. The van der Waals surface area contributed by atoms with E-state index in [1.807, 2.05) is 0 Å². The molecule has 0 atom stereocenters. The molecule has 1 rings (SSSR count). The molecule has 19 heavy (non-hydrogen) atoms. The number of nitrogens with two attached hydrogens (primary N) is 1. The van der Waals surface area contributed by atoms with Gasteiger partial charge in [0, 0.05) is 12.6 Å². The predicted molar refractivity (Wildman–Crippen MR) is 67.5 cm³/mol. The van der Waals surface area contributed by atoms with E-state index in [0.29, 0.717) is 0 Å². The number of hydrogen-bond acceptors (Lipinski definition) is 5. The molecule has 0 bridgehead atoms. The summed E-state index contributed by atoms with van der Waals surface area (Å²) in [4.78, 5) is 15.2. The first-order chi connectivity index (χ1) is 8.78. The Bertz CT molecular complexity index is 480. The van der Waals surface area contributed by atoms with Crippen molar-refractivity contribution < 1.29 is 27.4 Å². The molecule has 9 heteroatoms. The number of carbonyl (C=O) groups is 1. The summed E-state index contributed by atoms with van der Waals surface area (Å²) in [7, 11) is 0. The van der Waals surface area contributed by atoms with Crippen LogP contribution in [0.2, 0.25) is 0 Å². The first-order valence-corrected chi connectivity index (χ1v) is 6.18. The van der Waals surface area contributed by atoms with Crippen LogP contribution in [0.25, 0.3) is 0 Å². The van der Waals surface area contributed by atoms with E-state index in [0.717, 1.165) is 6.07 Å². The maximum absolute atomic E-state index is 12.1. The van der Waals surface area contributed by atoms with Crippen molar-refractivity contribution in [2.45, 2.75) is 19.8 Å². The van der Waals surface area contributed by atoms with Gasteiger partial charge in [-0.25, -0.2) is 9.78 Å². The Morgan fingerprint density at radius 3 is 2.63 bits per heavy atom. The van der Waals surface area contributed by atoms with Gasteiger partial charge in [-0.3, -0.25) is 0 Å². The van der Waals surface area contributed by atoms with Crippen LogP contribution in [-0.4, -0.2) is 23.9 Å². The molecule has 106 valence electrons. The van der Waals surface area contributed by atoms with Gasteiger partial charge in [-0.1, -0.05) is 0 Å². The normalized spacial score (nSPS) is 11.3. The molecule has 0 unspecified atom stereocenters. The Kier molecular flexibility index (Phi) is 5.35. The molecule has 1 heterocycles. The summed E-state index contributed by atoms with van der Waals surface area (Å²) in [5.74, 6) is -1.34. The van der Waals surface area contributed by atoms with Crippen LogP contribution in [-0.2, 0) is 11.3 Å². The number of hydrogen-bond donors (Lipinski definition) is 1. The first-order valence-electron chi connectivity index (χ1n) is 5.10. The van der Waals surface area contributed by atoms with Crippen molar-refractivity contribution in [1.82, 2.24) is 4.98 Å². The zero-order valence-electron chi connectivity index (χ0n) is 9.75. The quantitative estimate of drug-likeness (QED) is 0.485. The fourth-order valence-corrected chi connectivity index (χ4v) is 2.09. The van der Waals surface area contributed by atoms with Crippen molar-refractivity contribution in [3.05, 3.63) is 20.9 Å². The molecule has 0 aliphatic rings. The fourth-order valence-electron chi connectivity index (χ4n) is 1.29. The first kappa shape index (κ1) is 16.0. The van der Waals surface area contributed by atoms with Gasteiger partial charge in [0.15, 0.2) is 0 Å². The summed E-state index contributed by atoms with van der Waals surface area (Å²) < 4.78 is 44.8. The highest BCUT2D eigenvalue weighted by atomic mass is 127. The molecule has 1 aromatic heterocycles. The number of rotatable bonds is 4. The third kappa shape index (κ3) is 4.49. The van der Waals surface area contributed by atoms with Crippen LogP contribution >= 0.6 is 22.6 Å². The van der Waals surface area contributed by atoms with Gasteiger partial charge in [-0.15, -0.1) is 13.2 Å². The van der Waals surface area contributed by atoms with Crippen LogP contribution < -0.4 is 10.5 Å². The Morgan fingerprint density at radius 1 is 1.53 bits per heavy atom. The third-order valence-corrected chi connectivity index (χ3v) is 2.73. The lowest BCUT2D eigenvalue weighted by Crippen LogP contribution is -2.20. The third-order valence-electron chi connectivity index (χ3n) is 1.95. The van der Waals surface area contributed by atoms with Crippen molar-refractivity contribution >= 4 is 28.6 Å². The SMILES string of the molecule is CCOC(=O)c1c(CN)cc(OC(F)(F)F)nc1I. The highest BCUT2D eigenvalue weighted by Gasteiger charge is 2.32. The lowest BCUT2D eigenvalue weighted by atomic mass is 10.1. The number of pyridine rings is 1. The molecular formula is C10H10F3IN2O3. The Morgan fingerprint density at radius 2 is 2.16 bits per heavy atom. The number of carbonyl (C=O) groups excluding carboxylic acids is 1. The molecule has 0 aliphatic carbocycles. The minimum absolute atomic E-state index is 0.0400. The second-order valence-electron chi connectivity index (χ2n) is 3.26. The topological polar surface area (TPSA) is 74.4 Å². The molecular weight excluding hydrogens is 380 g/mol. The summed E-state index contributed by atoms with van der Waals surface area (Å²) in [6.45, 7) is 1.61. The largest absolute Gasteiger partial charge is 0.574 e. The standard InChI is InChI=1S/C10H10F3IN2O3/c1-2-18-9(17)7-5(4-15)3-6(16-8(7)14)19-10(11,12)13/h3H,2,4,15H2,1H3. The second-order valence-corrected chi connectivity index (χ2v) is 4.28. The van der Waals surface area contributed by atoms with Crippen molar-refractivity contribution in [3.63, 3.8) is 0 Å². The van der Waals surface area contributed by atoms with Crippen LogP contribution in [0.5, 0.6) is 5.88 Å². The van der Waals surface area contributed by atoms with E-state index in [1.54, 1.807) is 29.5 Å². The molecule has 0 amide bonds. The molecule has 0 fully saturated rings. The Hall–Kier alpha value is -1.10. The number of aromatic nitrogens is 1. The van der Waals surface area contributed by atoms with E-state index in [1.165, 1.54) is 0 Å². The van der Waals surface area contributed by atoms with Gasteiger partial charge < -0.3 is 15.2 Å². The number of alkyl halides is 3. The molecule has 1 aromatic rings. The molecule has 0 saturated carbocycles. The van der Waals surface area contributed by atoms with Crippen molar-refractivity contribution in [3.8, 4) is 5.88 Å². The van der Waals surface area contributed by atoms with Gasteiger partial charge in [0.1, 0.15) is 3.70 Å². The Labute approximate surface area is 120 Å². The van der Waals surface area contributed by atoms with Gasteiger partial charge in [0.25, 0.3) is 0 Å². The molecule has 5 nitrogen and oxygen atoms in total. The zero-order valence-corrected chi connectivity index (χ0v) is 11.9. The van der Waals surface area contributed by atoms with E-state index in [2.05, 4.69) is 9.72 Å². The zero-order chi connectivity index (χ0) is 14.6. The van der Waals surface area contributed by atoms with E-state index in [9.17, 15) is 18.0 Å². The highest BCUT2D eigenvalue weighted by Crippen LogP contribution is 2.26. The minimum Gasteiger partial charge on any atom is -0.462 e. The smallest absolute Gasteiger partial charge is 0.462 e. The molecule has 2 N–H and O–H groups in total. The lowest BCUT2D eigenvalue weighted by molar-refractivity contribution is -0.276. The monoisotopic (exact) mass is 390 g/mol. The number of nitrogens with zero attached hydrogens (tertiary/aromatic N) is 1. The second kappa shape index (κ2) is 6.37. The maximum atomic E-state index is 12.1. The van der Waals surface area contributed by atoms with E-state index in [4.69, 9.17) is 10.5 Å². The molecule has 0 aliphatic heterocycles. The molecule has 0 spiro atoms. The van der Waals surface area contributed by atoms with Crippen molar-refractivity contribution in [1.29, 1.82) is 0 Å². The summed E-state index contributed by atoms with van der Waals surface area (Å²) in [6.07, 6.45) is -4.85. The maximum Gasteiger partial charge on any atom is 0.574 e. The van der Waals surface area contributed by atoms with Crippen LogP contribution in [0, 0.1) is 3.70 Å². The van der Waals surface area contributed by atoms with Crippen LogP contribution in [0.15, 0.2) is 6.07 Å². The van der Waals surface area contributed by atoms with E-state index < -0.39 is 18.2 Å². The average molecular weight is 390 g/mol. The number of halogens is 4. The number of ether oxygens (including phenoxy) is 2. The van der Waals surface area contributed by atoms with Gasteiger partial charge >= 0.3 is 12.3 Å². The van der Waals surface area contributed by atoms with Crippen LogP contribution in [0.4, 0.5) is 13.2 Å². The summed E-state index contributed by atoms with van der Waals surface area (Å²) in [6, 6.07) is 0.974. The Balaban J connectivity index is 3.18. The highest BCUT2D eigenvalue weighted by molar-refractivity contribution is 14.1. The minimum atomic E-state index is -4.85. The van der Waals surface area contributed by atoms with Crippen LogP contribution in [0.1, 0.15) is 22.8 Å². The van der Waals surface area contributed by atoms with E-state index >= 15 is 0 Å². The average Bonchev–Trinajstić information content (AvgIpc) is 2.25. The van der Waals surface area contributed by atoms with Gasteiger partial charge in [0.2, 0.25) is 5.88 Å². The molecule has 0 saturated heterocycles. The van der Waals surface area contributed by atoms with Crippen LogP contribution in [0.3, 0.4) is 0 Å². The van der Waals surface area contributed by atoms with Gasteiger partial charge in [0.05, 0.1) is 12.2 Å². The van der Waals surface area contributed by atoms with E-state index in [-0.39, 0.29) is 28.0 Å². The van der Waals surface area contributed by atoms with Crippen molar-refractivity contribution in [2.24, 2.45) is 5.73 Å². The molecule has 0 radical (unpaired) electrons. The van der Waals surface area contributed by atoms with Gasteiger partial charge in [-0.2, -0.15) is 0 Å². The number of esters is 1. The van der Waals surface area contributed by atoms with Gasteiger partial charge in [-0.05, 0) is 35.1 Å². The molecule has 0 aromatic carbocycles. The lowest BCUT2D eigenvalue weighted by Gasteiger charge is -2.13.